The van der Waals surface area contributed by atoms with Crippen molar-refractivity contribution in [3.05, 3.63) is 81.2 Å². The summed E-state index contributed by atoms with van der Waals surface area (Å²) in [6, 6.07) is 19.7. The third kappa shape index (κ3) is 5.16. The van der Waals surface area contributed by atoms with Crippen molar-refractivity contribution >= 4 is 22.6 Å². The number of benzene rings is 2. The van der Waals surface area contributed by atoms with Crippen LogP contribution in [0.3, 0.4) is 0 Å². The Balaban J connectivity index is 1.54. The zero-order valence-electron chi connectivity index (χ0n) is 19.3. The van der Waals surface area contributed by atoms with Gasteiger partial charge in [-0.1, -0.05) is 45.0 Å². The first-order valence-corrected chi connectivity index (χ1v) is 12.0. The fourth-order valence-electron chi connectivity index (χ4n) is 4.20. The number of nitrogens with zero attached hydrogens (tertiary/aromatic N) is 3. The molecule has 1 aliphatic rings. The maximum absolute atomic E-state index is 9.83. The van der Waals surface area contributed by atoms with E-state index < -0.39 is 0 Å². The van der Waals surface area contributed by atoms with E-state index in [-0.39, 0.29) is 5.41 Å². The largest absolute Gasteiger partial charge is 0.488 e. The van der Waals surface area contributed by atoms with Gasteiger partial charge in [-0.2, -0.15) is 10.5 Å². The zero-order chi connectivity index (χ0) is 23.4. The van der Waals surface area contributed by atoms with Crippen molar-refractivity contribution in [3.8, 4) is 17.9 Å². The maximum Gasteiger partial charge on any atom is 0.134 e. The van der Waals surface area contributed by atoms with E-state index in [4.69, 9.17) is 15.0 Å². The standard InChI is InChI=1S/C28H27N3OS/c1-28(2,3)22-12-13-23-24(16-30)27(33-26(23)14-22)31-17-21-6-4-5-7-25(21)32-18-20-10-8-19(15-29)9-11-20/h4-11,17,22H,12-14,18H2,1-3H3/t22-/m1/s1. The molecule has 0 fully saturated rings. The summed E-state index contributed by atoms with van der Waals surface area (Å²) in [6.07, 6.45) is 4.90. The quantitative estimate of drug-likeness (QED) is 0.392. The van der Waals surface area contributed by atoms with E-state index >= 15 is 0 Å². The van der Waals surface area contributed by atoms with Gasteiger partial charge < -0.3 is 4.74 Å². The highest BCUT2D eigenvalue weighted by Gasteiger charge is 2.32. The molecule has 166 valence electrons. The number of hydrogen-bond donors (Lipinski definition) is 0. The highest BCUT2D eigenvalue weighted by Crippen LogP contribution is 2.44. The highest BCUT2D eigenvalue weighted by molar-refractivity contribution is 7.16. The van der Waals surface area contributed by atoms with Gasteiger partial charge in [0.1, 0.15) is 23.4 Å². The van der Waals surface area contributed by atoms with Gasteiger partial charge in [-0.3, -0.25) is 0 Å². The first-order chi connectivity index (χ1) is 15.9. The Hall–Kier alpha value is -3.41. The lowest BCUT2D eigenvalue weighted by Crippen LogP contribution is -2.26. The van der Waals surface area contributed by atoms with E-state index in [1.165, 1.54) is 10.4 Å². The molecule has 0 unspecified atom stereocenters. The Morgan fingerprint density at radius 3 is 2.55 bits per heavy atom. The molecular formula is C28H27N3OS. The summed E-state index contributed by atoms with van der Waals surface area (Å²) < 4.78 is 6.04. The van der Waals surface area contributed by atoms with Crippen LogP contribution in [0.25, 0.3) is 0 Å². The fraction of sp³-hybridized carbons (Fsp3) is 0.321. The molecule has 33 heavy (non-hydrogen) atoms. The fourth-order valence-corrected chi connectivity index (χ4v) is 5.42. The van der Waals surface area contributed by atoms with Crippen LogP contribution in [0.4, 0.5) is 5.00 Å². The molecule has 0 spiro atoms. The number of nitriles is 2. The molecule has 4 rings (SSSR count). The summed E-state index contributed by atoms with van der Waals surface area (Å²) in [5.74, 6) is 1.36. The monoisotopic (exact) mass is 453 g/mol. The number of para-hydroxylation sites is 1. The van der Waals surface area contributed by atoms with E-state index in [9.17, 15) is 5.26 Å². The van der Waals surface area contributed by atoms with Crippen molar-refractivity contribution in [1.29, 1.82) is 10.5 Å². The van der Waals surface area contributed by atoms with Gasteiger partial charge in [0.25, 0.3) is 0 Å². The Morgan fingerprint density at radius 2 is 1.85 bits per heavy atom. The summed E-state index contributed by atoms with van der Waals surface area (Å²) in [4.78, 5) is 6.05. The van der Waals surface area contributed by atoms with Crippen molar-refractivity contribution in [3.63, 3.8) is 0 Å². The number of ether oxygens (including phenoxy) is 1. The second-order valence-electron chi connectivity index (χ2n) is 9.49. The first-order valence-electron chi connectivity index (χ1n) is 11.2. The Labute approximate surface area is 199 Å². The molecule has 4 nitrogen and oxygen atoms in total. The molecule has 2 aromatic carbocycles. The number of rotatable bonds is 5. The van der Waals surface area contributed by atoms with Crippen LogP contribution >= 0.6 is 11.3 Å². The molecule has 3 aromatic rings. The lowest BCUT2D eigenvalue weighted by atomic mass is 9.72. The molecule has 1 atom stereocenters. The van der Waals surface area contributed by atoms with Gasteiger partial charge in [-0.25, -0.2) is 4.99 Å². The van der Waals surface area contributed by atoms with Crippen LogP contribution < -0.4 is 4.74 Å². The van der Waals surface area contributed by atoms with Crippen LogP contribution in [0.1, 0.15) is 59.9 Å². The second-order valence-corrected chi connectivity index (χ2v) is 10.6. The lowest BCUT2D eigenvalue weighted by molar-refractivity contribution is 0.218. The van der Waals surface area contributed by atoms with Crippen molar-refractivity contribution in [2.45, 2.75) is 46.6 Å². The summed E-state index contributed by atoms with van der Waals surface area (Å²) in [6.45, 7) is 7.31. The molecular weight excluding hydrogens is 426 g/mol. The number of aliphatic imine (C=N–C) groups is 1. The van der Waals surface area contributed by atoms with Crippen molar-refractivity contribution in [1.82, 2.24) is 0 Å². The van der Waals surface area contributed by atoms with Crippen LogP contribution in [-0.4, -0.2) is 6.21 Å². The van der Waals surface area contributed by atoms with Crippen LogP contribution in [-0.2, 0) is 19.4 Å². The molecule has 0 bridgehead atoms. The van der Waals surface area contributed by atoms with E-state index in [0.717, 1.165) is 46.7 Å². The summed E-state index contributed by atoms with van der Waals surface area (Å²) in [5.41, 5.74) is 4.69. The minimum Gasteiger partial charge on any atom is -0.488 e. The SMILES string of the molecule is CC(C)(C)[C@@H]1CCc2c(sc(N=Cc3ccccc3OCc3ccc(C#N)cc3)c2C#N)C1. The van der Waals surface area contributed by atoms with E-state index in [2.05, 4.69) is 32.9 Å². The normalized spacial score (nSPS) is 15.6. The summed E-state index contributed by atoms with van der Waals surface area (Å²) in [5, 5.41) is 19.6. The van der Waals surface area contributed by atoms with Crippen molar-refractivity contribution in [2.75, 3.05) is 0 Å². The van der Waals surface area contributed by atoms with Gasteiger partial charge in [0.2, 0.25) is 0 Å². The van der Waals surface area contributed by atoms with E-state index in [1.54, 1.807) is 29.7 Å². The summed E-state index contributed by atoms with van der Waals surface area (Å²) >= 11 is 1.66. The molecule has 0 aliphatic heterocycles. The third-order valence-corrected chi connectivity index (χ3v) is 7.46. The van der Waals surface area contributed by atoms with Crippen LogP contribution in [0, 0.1) is 34.0 Å². The van der Waals surface area contributed by atoms with Crippen LogP contribution in [0.15, 0.2) is 53.5 Å². The van der Waals surface area contributed by atoms with E-state index in [1.807, 2.05) is 36.4 Å². The molecule has 1 heterocycles. The summed E-state index contributed by atoms with van der Waals surface area (Å²) in [7, 11) is 0. The molecule has 1 aliphatic carbocycles. The van der Waals surface area contributed by atoms with Crippen molar-refractivity contribution < 1.29 is 4.74 Å². The Morgan fingerprint density at radius 1 is 1.09 bits per heavy atom. The highest BCUT2D eigenvalue weighted by atomic mass is 32.1. The predicted molar refractivity (Wildman–Crippen MR) is 133 cm³/mol. The molecule has 0 radical (unpaired) electrons. The molecule has 1 aromatic heterocycles. The molecule has 5 heteroatoms. The Bertz CT molecular complexity index is 1250. The molecule has 0 amide bonds. The van der Waals surface area contributed by atoms with Crippen molar-refractivity contribution in [2.24, 2.45) is 16.3 Å². The van der Waals surface area contributed by atoms with E-state index in [0.29, 0.717) is 18.1 Å². The maximum atomic E-state index is 9.83. The van der Waals surface area contributed by atoms with Gasteiger partial charge in [0, 0.05) is 16.7 Å². The number of hydrogen-bond acceptors (Lipinski definition) is 5. The Kier molecular flexibility index (Phi) is 6.63. The third-order valence-electron chi connectivity index (χ3n) is 6.30. The van der Waals surface area contributed by atoms with Gasteiger partial charge in [0.15, 0.2) is 0 Å². The first kappa shape index (κ1) is 22.8. The topological polar surface area (TPSA) is 69.2 Å². The lowest BCUT2D eigenvalue weighted by Gasteiger charge is -2.33. The minimum absolute atomic E-state index is 0.267. The average molecular weight is 454 g/mol. The number of fused-ring (bicyclic) bond motifs is 1. The smallest absolute Gasteiger partial charge is 0.134 e. The predicted octanol–water partition coefficient (Wildman–Crippen LogP) is 6.97. The van der Waals surface area contributed by atoms with Gasteiger partial charge in [-0.15, -0.1) is 11.3 Å². The molecule has 0 N–H and O–H groups in total. The van der Waals surface area contributed by atoms with Crippen LogP contribution in [0.5, 0.6) is 5.75 Å². The van der Waals surface area contributed by atoms with Crippen LogP contribution in [0.2, 0.25) is 0 Å². The average Bonchev–Trinajstić information content (AvgIpc) is 3.18. The van der Waals surface area contributed by atoms with Gasteiger partial charge in [-0.05, 0) is 66.0 Å². The van der Waals surface area contributed by atoms with Gasteiger partial charge >= 0.3 is 0 Å². The molecule has 0 saturated heterocycles. The molecule has 0 saturated carbocycles. The zero-order valence-corrected chi connectivity index (χ0v) is 20.1. The number of thiophene rings is 1. The second kappa shape index (κ2) is 9.61. The van der Waals surface area contributed by atoms with Gasteiger partial charge in [0.05, 0.1) is 17.2 Å². The minimum atomic E-state index is 0.267.